The molecule has 0 bridgehead atoms. The second-order valence-electron chi connectivity index (χ2n) is 4.86. The van der Waals surface area contributed by atoms with Gasteiger partial charge in [-0.1, -0.05) is 25.0 Å². The molecular formula is C13H16F3N. The minimum Gasteiger partial charge on any atom is -0.321 e. The minimum atomic E-state index is -4.32. The second kappa shape index (κ2) is 4.02. The number of halogens is 3. The first-order chi connectivity index (χ1) is 7.84. The maximum Gasteiger partial charge on any atom is 0.416 e. The molecule has 0 unspecified atom stereocenters. The molecule has 0 radical (unpaired) electrons. The average Bonchev–Trinajstić information content (AvgIpc) is 2.64. The third-order valence-electron chi connectivity index (χ3n) is 3.57. The maximum atomic E-state index is 13.0. The van der Waals surface area contributed by atoms with Crippen LogP contribution in [0.2, 0.25) is 0 Å². The van der Waals surface area contributed by atoms with Gasteiger partial charge in [0.05, 0.1) is 5.56 Å². The smallest absolute Gasteiger partial charge is 0.321 e. The third-order valence-corrected chi connectivity index (χ3v) is 3.57. The van der Waals surface area contributed by atoms with Gasteiger partial charge < -0.3 is 5.73 Å². The summed E-state index contributed by atoms with van der Waals surface area (Å²) in [4.78, 5) is 0. The van der Waals surface area contributed by atoms with Crippen LogP contribution in [0.3, 0.4) is 0 Å². The number of aryl methyl sites for hydroxylation is 1. The topological polar surface area (TPSA) is 26.0 Å². The molecule has 0 heterocycles. The summed E-state index contributed by atoms with van der Waals surface area (Å²) in [7, 11) is 0. The van der Waals surface area contributed by atoms with Crippen molar-refractivity contribution in [1.82, 2.24) is 0 Å². The van der Waals surface area contributed by atoms with Crippen molar-refractivity contribution < 1.29 is 13.2 Å². The Morgan fingerprint density at radius 3 is 2.29 bits per heavy atom. The number of hydrogen-bond acceptors (Lipinski definition) is 1. The van der Waals surface area contributed by atoms with E-state index in [-0.39, 0.29) is 0 Å². The monoisotopic (exact) mass is 243 g/mol. The summed E-state index contributed by atoms with van der Waals surface area (Å²) in [6.45, 7) is 1.71. The largest absolute Gasteiger partial charge is 0.416 e. The summed E-state index contributed by atoms with van der Waals surface area (Å²) in [6.07, 6.45) is -1.23. The number of hydrogen-bond donors (Lipinski definition) is 1. The molecule has 1 aromatic rings. The van der Waals surface area contributed by atoms with E-state index in [0.717, 1.165) is 18.9 Å². The molecule has 0 atom stereocenters. The highest BCUT2D eigenvalue weighted by atomic mass is 19.4. The van der Waals surface area contributed by atoms with Crippen molar-refractivity contribution >= 4 is 0 Å². The zero-order chi connectivity index (χ0) is 12.7. The Labute approximate surface area is 98.8 Å². The molecule has 1 saturated carbocycles. The van der Waals surface area contributed by atoms with Crippen LogP contribution in [0.1, 0.15) is 42.4 Å². The van der Waals surface area contributed by atoms with E-state index in [1.807, 2.05) is 0 Å². The molecule has 2 N–H and O–H groups in total. The second-order valence-corrected chi connectivity index (χ2v) is 4.86. The van der Waals surface area contributed by atoms with E-state index < -0.39 is 17.3 Å². The van der Waals surface area contributed by atoms with Gasteiger partial charge in [0.15, 0.2) is 0 Å². The third kappa shape index (κ3) is 2.18. The van der Waals surface area contributed by atoms with Crippen LogP contribution in [0.5, 0.6) is 0 Å². The molecule has 0 aliphatic heterocycles. The molecule has 1 aliphatic rings. The molecule has 1 aliphatic carbocycles. The van der Waals surface area contributed by atoms with Crippen LogP contribution in [0, 0.1) is 6.92 Å². The van der Waals surface area contributed by atoms with Crippen LogP contribution in [-0.2, 0) is 11.7 Å². The Bertz CT molecular complexity index is 417. The summed E-state index contributed by atoms with van der Waals surface area (Å²) in [5, 5.41) is 0. The molecule has 17 heavy (non-hydrogen) atoms. The van der Waals surface area contributed by atoms with Crippen molar-refractivity contribution in [3.63, 3.8) is 0 Å². The quantitative estimate of drug-likeness (QED) is 0.798. The first kappa shape index (κ1) is 12.4. The molecule has 94 valence electrons. The van der Waals surface area contributed by atoms with Crippen LogP contribution in [0.4, 0.5) is 13.2 Å². The SMILES string of the molecule is Cc1cccc(C(F)(F)F)c1C1(N)CCCC1. The number of nitrogens with two attached hydrogens (primary N) is 1. The lowest BCUT2D eigenvalue weighted by Crippen LogP contribution is -2.36. The highest BCUT2D eigenvalue weighted by Gasteiger charge is 2.41. The fourth-order valence-corrected chi connectivity index (χ4v) is 2.82. The van der Waals surface area contributed by atoms with Crippen LogP contribution < -0.4 is 5.73 Å². The molecule has 4 heteroatoms. The zero-order valence-corrected chi connectivity index (χ0v) is 9.77. The highest BCUT2D eigenvalue weighted by molar-refractivity contribution is 5.42. The van der Waals surface area contributed by atoms with Gasteiger partial charge in [0.25, 0.3) is 0 Å². The summed E-state index contributed by atoms with van der Waals surface area (Å²) in [5.41, 5.74) is 5.75. The normalized spacial score (nSPS) is 19.6. The average molecular weight is 243 g/mol. The van der Waals surface area contributed by atoms with E-state index in [9.17, 15) is 13.2 Å². The van der Waals surface area contributed by atoms with E-state index >= 15 is 0 Å². The van der Waals surface area contributed by atoms with E-state index in [1.54, 1.807) is 13.0 Å². The fraction of sp³-hybridized carbons (Fsp3) is 0.538. The van der Waals surface area contributed by atoms with Crippen molar-refractivity contribution in [3.05, 3.63) is 34.9 Å². The van der Waals surface area contributed by atoms with Gasteiger partial charge in [0.2, 0.25) is 0 Å². The summed E-state index contributed by atoms with van der Waals surface area (Å²) in [6, 6.07) is 4.28. The molecule has 0 aromatic heterocycles. The van der Waals surface area contributed by atoms with Gasteiger partial charge >= 0.3 is 6.18 Å². The Morgan fingerprint density at radius 1 is 1.18 bits per heavy atom. The molecular weight excluding hydrogens is 227 g/mol. The first-order valence-corrected chi connectivity index (χ1v) is 5.81. The van der Waals surface area contributed by atoms with Gasteiger partial charge in [-0.05, 0) is 37.0 Å². The minimum absolute atomic E-state index is 0.296. The summed E-state index contributed by atoms with van der Waals surface area (Å²) < 4.78 is 39.0. The van der Waals surface area contributed by atoms with Gasteiger partial charge in [-0.3, -0.25) is 0 Å². The van der Waals surface area contributed by atoms with Gasteiger partial charge in [0.1, 0.15) is 0 Å². The molecule has 1 aromatic carbocycles. The van der Waals surface area contributed by atoms with Crippen molar-refractivity contribution in [1.29, 1.82) is 0 Å². The lowest BCUT2D eigenvalue weighted by Gasteiger charge is -2.29. The van der Waals surface area contributed by atoms with Crippen molar-refractivity contribution in [3.8, 4) is 0 Å². The Morgan fingerprint density at radius 2 is 1.76 bits per heavy atom. The van der Waals surface area contributed by atoms with Gasteiger partial charge in [-0.2, -0.15) is 13.2 Å². The van der Waals surface area contributed by atoms with Gasteiger partial charge in [0, 0.05) is 5.54 Å². The highest BCUT2D eigenvalue weighted by Crippen LogP contribution is 2.44. The Hall–Kier alpha value is -1.03. The molecule has 0 saturated heterocycles. The molecule has 1 nitrogen and oxygen atoms in total. The van der Waals surface area contributed by atoms with E-state index in [1.165, 1.54) is 6.07 Å². The van der Waals surface area contributed by atoms with Crippen LogP contribution in [0.15, 0.2) is 18.2 Å². The number of benzene rings is 1. The van der Waals surface area contributed by atoms with Crippen molar-refractivity contribution in [2.24, 2.45) is 5.73 Å². The Balaban J connectivity index is 2.59. The van der Waals surface area contributed by atoms with Crippen LogP contribution in [-0.4, -0.2) is 0 Å². The lowest BCUT2D eigenvalue weighted by molar-refractivity contribution is -0.138. The van der Waals surface area contributed by atoms with E-state index in [4.69, 9.17) is 5.73 Å². The van der Waals surface area contributed by atoms with E-state index in [0.29, 0.717) is 24.0 Å². The zero-order valence-electron chi connectivity index (χ0n) is 9.77. The first-order valence-electron chi connectivity index (χ1n) is 5.81. The standard InChI is InChI=1S/C13H16F3N/c1-9-5-4-6-10(13(14,15)16)11(9)12(17)7-2-3-8-12/h4-6H,2-3,7-8,17H2,1H3. The van der Waals surface area contributed by atoms with Gasteiger partial charge in [-0.15, -0.1) is 0 Å². The fourth-order valence-electron chi connectivity index (χ4n) is 2.82. The van der Waals surface area contributed by atoms with Crippen LogP contribution in [0.25, 0.3) is 0 Å². The lowest BCUT2D eigenvalue weighted by atomic mass is 9.82. The summed E-state index contributed by atoms with van der Waals surface area (Å²) >= 11 is 0. The molecule has 0 amide bonds. The summed E-state index contributed by atoms with van der Waals surface area (Å²) in [5.74, 6) is 0. The van der Waals surface area contributed by atoms with Gasteiger partial charge in [-0.25, -0.2) is 0 Å². The molecule has 0 spiro atoms. The van der Waals surface area contributed by atoms with Crippen molar-refractivity contribution in [2.45, 2.75) is 44.3 Å². The predicted octanol–water partition coefficient (Wildman–Crippen LogP) is 3.74. The van der Waals surface area contributed by atoms with Crippen molar-refractivity contribution in [2.75, 3.05) is 0 Å². The molecule has 2 rings (SSSR count). The van der Waals surface area contributed by atoms with E-state index in [2.05, 4.69) is 0 Å². The van der Waals surface area contributed by atoms with Crippen LogP contribution >= 0.6 is 0 Å². The number of alkyl halides is 3. The molecule has 1 fully saturated rings. The predicted molar refractivity (Wildman–Crippen MR) is 60.5 cm³/mol. The Kier molecular flexibility index (Phi) is 2.94. The maximum absolute atomic E-state index is 13.0. The number of rotatable bonds is 1.